The van der Waals surface area contributed by atoms with Gasteiger partial charge < -0.3 is 9.73 Å². The fraction of sp³-hybridized carbons (Fsp3) is 0.300. The zero-order valence-corrected chi connectivity index (χ0v) is 16.5. The number of nitrogens with zero attached hydrogens (tertiary/aromatic N) is 1. The van der Waals surface area contributed by atoms with Crippen LogP contribution in [0.25, 0.3) is 0 Å². The van der Waals surface area contributed by atoms with Crippen molar-refractivity contribution in [1.82, 2.24) is 9.62 Å². The van der Waals surface area contributed by atoms with E-state index in [-0.39, 0.29) is 29.8 Å². The molecule has 2 heterocycles. The standard InChI is InChI=1S/C20H21N3O5S/c1-2-18(24)22-19-9-15-11-23(12-17(15)28-19)29(26,27)16-7-5-14(6-8-16)20(25)21-10-13-3-4-13/h2,5-9,13H,1,3-4,10-12H2,(H,21,25)(H,22,24). The maximum atomic E-state index is 12.9. The van der Waals surface area contributed by atoms with Crippen molar-refractivity contribution in [3.8, 4) is 0 Å². The van der Waals surface area contributed by atoms with Crippen molar-refractivity contribution < 1.29 is 22.4 Å². The number of hydrogen-bond donors (Lipinski definition) is 2. The number of furan rings is 1. The highest BCUT2D eigenvalue weighted by Crippen LogP contribution is 2.33. The summed E-state index contributed by atoms with van der Waals surface area (Å²) in [7, 11) is -3.74. The number of hydrogen-bond acceptors (Lipinski definition) is 5. The van der Waals surface area contributed by atoms with Gasteiger partial charge in [-0.2, -0.15) is 4.31 Å². The van der Waals surface area contributed by atoms with Crippen LogP contribution in [0, 0.1) is 5.92 Å². The van der Waals surface area contributed by atoms with Gasteiger partial charge in [-0.05, 0) is 49.1 Å². The Morgan fingerprint density at radius 3 is 2.55 bits per heavy atom. The Hall–Kier alpha value is -2.91. The molecule has 0 radical (unpaired) electrons. The largest absolute Gasteiger partial charge is 0.444 e. The number of sulfonamides is 1. The van der Waals surface area contributed by atoms with Gasteiger partial charge in [0.05, 0.1) is 11.4 Å². The summed E-state index contributed by atoms with van der Waals surface area (Å²) in [5.74, 6) is 0.728. The second-order valence-corrected chi connectivity index (χ2v) is 9.14. The van der Waals surface area contributed by atoms with Gasteiger partial charge in [0.25, 0.3) is 5.91 Å². The van der Waals surface area contributed by atoms with Crippen LogP contribution in [0.2, 0.25) is 0 Å². The number of nitrogens with one attached hydrogen (secondary N) is 2. The predicted molar refractivity (Wildman–Crippen MR) is 105 cm³/mol. The lowest BCUT2D eigenvalue weighted by atomic mass is 10.2. The molecule has 1 aromatic carbocycles. The molecule has 9 heteroatoms. The SMILES string of the molecule is C=CC(=O)Nc1cc2c(o1)CN(S(=O)(=O)c1ccc(C(=O)NCC3CC3)cc1)C2. The minimum absolute atomic E-state index is 0.0747. The summed E-state index contributed by atoms with van der Waals surface area (Å²) in [5, 5.41) is 5.37. The van der Waals surface area contributed by atoms with E-state index >= 15 is 0 Å². The first-order valence-electron chi connectivity index (χ1n) is 9.30. The molecule has 1 aliphatic carbocycles. The second-order valence-electron chi connectivity index (χ2n) is 7.20. The van der Waals surface area contributed by atoms with E-state index < -0.39 is 15.9 Å². The monoisotopic (exact) mass is 415 g/mol. The second kappa shape index (κ2) is 7.49. The van der Waals surface area contributed by atoms with Crippen LogP contribution in [-0.4, -0.2) is 31.1 Å². The molecule has 1 aliphatic heterocycles. The number of amides is 2. The molecule has 4 rings (SSSR count). The topological polar surface area (TPSA) is 109 Å². The van der Waals surface area contributed by atoms with E-state index in [0.29, 0.717) is 29.3 Å². The zero-order valence-electron chi connectivity index (χ0n) is 15.7. The lowest BCUT2D eigenvalue weighted by molar-refractivity contribution is -0.112. The Morgan fingerprint density at radius 2 is 1.93 bits per heavy atom. The van der Waals surface area contributed by atoms with Crippen molar-refractivity contribution >= 4 is 27.7 Å². The highest BCUT2D eigenvalue weighted by Gasteiger charge is 2.33. The van der Waals surface area contributed by atoms with Crippen LogP contribution >= 0.6 is 0 Å². The lowest BCUT2D eigenvalue weighted by Crippen LogP contribution is -2.27. The van der Waals surface area contributed by atoms with Crippen molar-refractivity contribution in [2.75, 3.05) is 11.9 Å². The normalized spacial score (nSPS) is 16.3. The third-order valence-electron chi connectivity index (χ3n) is 5.00. The fourth-order valence-corrected chi connectivity index (χ4v) is 4.51. The van der Waals surface area contributed by atoms with Gasteiger partial charge in [0.15, 0.2) is 5.88 Å². The van der Waals surface area contributed by atoms with Gasteiger partial charge in [-0.1, -0.05) is 6.58 Å². The molecule has 2 amide bonds. The number of benzene rings is 1. The molecular formula is C20H21N3O5S. The number of carbonyl (C=O) groups is 2. The molecule has 29 heavy (non-hydrogen) atoms. The third kappa shape index (κ3) is 4.10. The van der Waals surface area contributed by atoms with Gasteiger partial charge >= 0.3 is 0 Å². The Labute approximate surface area is 168 Å². The van der Waals surface area contributed by atoms with Crippen LogP contribution in [0.1, 0.15) is 34.5 Å². The Balaban J connectivity index is 1.42. The Kier molecular flexibility index (Phi) is 5.01. The molecule has 0 bridgehead atoms. The van der Waals surface area contributed by atoms with Crippen LogP contribution in [0.4, 0.5) is 5.88 Å². The molecule has 0 atom stereocenters. The van der Waals surface area contributed by atoms with Crippen LogP contribution in [0.5, 0.6) is 0 Å². The molecule has 2 N–H and O–H groups in total. The average Bonchev–Trinajstić information content (AvgIpc) is 3.34. The van der Waals surface area contributed by atoms with Crippen LogP contribution in [-0.2, 0) is 27.9 Å². The van der Waals surface area contributed by atoms with Crippen LogP contribution in [0.3, 0.4) is 0 Å². The van der Waals surface area contributed by atoms with E-state index in [2.05, 4.69) is 17.2 Å². The smallest absolute Gasteiger partial charge is 0.251 e. The molecule has 0 spiro atoms. The minimum atomic E-state index is -3.74. The molecule has 152 valence electrons. The van der Waals surface area contributed by atoms with Gasteiger partial charge in [-0.25, -0.2) is 8.42 Å². The molecule has 8 nitrogen and oxygen atoms in total. The fourth-order valence-electron chi connectivity index (χ4n) is 3.13. The van der Waals surface area contributed by atoms with E-state index in [9.17, 15) is 18.0 Å². The molecule has 1 saturated carbocycles. The maximum Gasteiger partial charge on any atom is 0.251 e. The highest BCUT2D eigenvalue weighted by molar-refractivity contribution is 7.89. The molecule has 2 aliphatic rings. The van der Waals surface area contributed by atoms with Gasteiger partial charge in [-0.15, -0.1) is 0 Å². The average molecular weight is 415 g/mol. The van der Waals surface area contributed by atoms with Gasteiger partial charge in [0.1, 0.15) is 5.76 Å². The van der Waals surface area contributed by atoms with Crippen LogP contribution in [0.15, 0.2) is 52.3 Å². The first-order valence-corrected chi connectivity index (χ1v) is 10.7. The number of fused-ring (bicyclic) bond motifs is 1. The van der Waals surface area contributed by atoms with Crippen molar-refractivity contribution in [2.45, 2.75) is 30.8 Å². The minimum Gasteiger partial charge on any atom is -0.444 e. The van der Waals surface area contributed by atoms with Gasteiger partial charge in [0, 0.05) is 30.3 Å². The first kappa shape index (κ1) is 19.4. The van der Waals surface area contributed by atoms with Crippen molar-refractivity contribution in [3.63, 3.8) is 0 Å². The van der Waals surface area contributed by atoms with Crippen molar-refractivity contribution in [1.29, 1.82) is 0 Å². The maximum absolute atomic E-state index is 12.9. The Bertz CT molecular complexity index is 1040. The summed E-state index contributed by atoms with van der Waals surface area (Å²) in [5.41, 5.74) is 1.13. The molecule has 0 unspecified atom stereocenters. The van der Waals surface area contributed by atoms with E-state index in [1.807, 2.05) is 0 Å². The highest BCUT2D eigenvalue weighted by atomic mass is 32.2. The number of rotatable bonds is 7. The molecule has 1 fully saturated rings. The number of anilines is 1. The summed E-state index contributed by atoms with van der Waals surface area (Å²) < 4.78 is 32.6. The zero-order chi connectivity index (χ0) is 20.6. The third-order valence-corrected chi connectivity index (χ3v) is 6.80. The molecular weight excluding hydrogens is 394 g/mol. The summed E-state index contributed by atoms with van der Waals surface area (Å²) in [6.45, 7) is 4.25. The van der Waals surface area contributed by atoms with Crippen LogP contribution < -0.4 is 10.6 Å². The van der Waals surface area contributed by atoms with Gasteiger partial charge in [0.2, 0.25) is 15.9 Å². The van der Waals surface area contributed by atoms with E-state index in [1.54, 1.807) is 6.07 Å². The van der Waals surface area contributed by atoms with E-state index in [4.69, 9.17) is 4.42 Å². The summed E-state index contributed by atoms with van der Waals surface area (Å²) in [6.07, 6.45) is 3.42. The number of carbonyl (C=O) groups excluding carboxylic acids is 2. The van der Waals surface area contributed by atoms with E-state index in [1.165, 1.54) is 28.6 Å². The summed E-state index contributed by atoms with van der Waals surface area (Å²) in [6, 6.07) is 7.53. The molecule has 2 aromatic rings. The Morgan fingerprint density at radius 1 is 1.21 bits per heavy atom. The lowest BCUT2D eigenvalue weighted by Gasteiger charge is -2.16. The quantitative estimate of drug-likeness (QED) is 0.674. The first-order chi connectivity index (χ1) is 13.9. The predicted octanol–water partition coefficient (Wildman–Crippen LogP) is 2.25. The van der Waals surface area contributed by atoms with Crippen molar-refractivity contribution in [3.05, 3.63) is 59.9 Å². The molecule has 1 aromatic heterocycles. The van der Waals surface area contributed by atoms with E-state index in [0.717, 1.165) is 18.9 Å². The summed E-state index contributed by atoms with van der Waals surface area (Å²) in [4.78, 5) is 23.6. The molecule has 0 saturated heterocycles. The summed E-state index contributed by atoms with van der Waals surface area (Å²) >= 11 is 0. The van der Waals surface area contributed by atoms with Gasteiger partial charge in [-0.3, -0.25) is 14.9 Å². The van der Waals surface area contributed by atoms with Crippen molar-refractivity contribution in [2.24, 2.45) is 5.92 Å².